The Kier molecular flexibility index (Phi) is 37.5. The van der Waals surface area contributed by atoms with Crippen LogP contribution in [0, 0.1) is 0 Å². The number of ether oxygens (including phenoxy) is 3. The molecule has 0 aliphatic heterocycles. The Bertz CT molecular complexity index is 861. The maximum atomic E-state index is 12.6. The van der Waals surface area contributed by atoms with Gasteiger partial charge in [-0.1, -0.05) is 173 Å². The zero-order valence-corrected chi connectivity index (χ0v) is 32.9. The average molecular weight is 703 g/mol. The van der Waals surface area contributed by atoms with Crippen LogP contribution in [0.2, 0.25) is 0 Å². The van der Waals surface area contributed by atoms with E-state index in [4.69, 9.17) is 14.2 Å². The second kappa shape index (κ2) is 39.4. The number of esters is 3. The number of unbranched alkanes of at least 4 members (excludes halogenated alkanes) is 20. The van der Waals surface area contributed by atoms with E-state index in [0.717, 1.165) is 83.5 Å². The third-order valence-electron chi connectivity index (χ3n) is 8.91. The molecule has 50 heavy (non-hydrogen) atoms. The van der Waals surface area contributed by atoms with E-state index in [1.165, 1.54) is 83.5 Å². The maximum Gasteiger partial charge on any atom is 0.306 e. The van der Waals surface area contributed by atoms with E-state index in [1.54, 1.807) is 0 Å². The van der Waals surface area contributed by atoms with Gasteiger partial charge in [0.1, 0.15) is 13.2 Å². The molecule has 0 N–H and O–H groups in total. The third kappa shape index (κ3) is 36.9. The summed E-state index contributed by atoms with van der Waals surface area (Å²) in [6.07, 6.45) is 42.9. The summed E-state index contributed by atoms with van der Waals surface area (Å²) in [4.78, 5) is 37.4. The molecule has 0 aliphatic rings. The molecule has 0 aliphatic carbocycles. The molecule has 1 atom stereocenters. The Hall–Kier alpha value is -2.37. The summed E-state index contributed by atoms with van der Waals surface area (Å²) in [6.45, 7) is 6.43. The van der Waals surface area contributed by atoms with Crippen molar-refractivity contribution in [1.82, 2.24) is 0 Å². The first-order valence-corrected chi connectivity index (χ1v) is 21.0. The highest BCUT2D eigenvalue weighted by Gasteiger charge is 2.19. The number of carbonyl (C=O) groups is 3. The molecule has 0 radical (unpaired) electrons. The van der Waals surface area contributed by atoms with Gasteiger partial charge in [0.05, 0.1) is 0 Å². The fourth-order valence-corrected chi connectivity index (χ4v) is 5.75. The normalized spacial score (nSPS) is 12.3. The summed E-state index contributed by atoms with van der Waals surface area (Å²) >= 11 is 0. The van der Waals surface area contributed by atoms with Gasteiger partial charge in [0, 0.05) is 19.3 Å². The number of hydrogen-bond donors (Lipinski definition) is 0. The van der Waals surface area contributed by atoms with Crippen LogP contribution in [0.3, 0.4) is 0 Å². The van der Waals surface area contributed by atoms with Gasteiger partial charge in [-0.25, -0.2) is 0 Å². The minimum absolute atomic E-state index is 0.0738. The largest absolute Gasteiger partial charge is 0.462 e. The lowest BCUT2D eigenvalue weighted by molar-refractivity contribution is -0.167. The lowest BCUT2D eigenvalue weighted by Gasteiger charge is -2.18. The first-order valence-electron chi connectivity index (χ1n) is 21.0. The van der Waals surface area contributed by atoms with Crippen molar-refractivity contribution < 1.29 is 28.6 Å². The second-order valence-corrected chi connectivity index (χ2v) is 13.9. The van der Waals surface area contributed by atoms with Crippen molar-refractivity contribution in [3.05, 3.63) is 36.5 Å². The molecule has 0 bridgehead atoms. The maximum absolute atomic E-state index is 12.6. The van der Waals surface area contributed by atoms with E-state index in [-0.39, 0.29) is 31.1 Å². The molecule has 0 amide bonds. The van der Waals surface area contributed by atoms with Gasteiger partial charge in [-0.3, -0.25) is 14.4 Å². The molecular weight excluding hydrogens is 624 g/mol. The summed E-state index contributed by atoms with van der Waals surface area (Å²) in [7, 11) is 0. The summed E-state index contributed by atoms with van der Waals surface area (Å²) in [5, 5.41) is 0. The Labute approximate surface area is 308 Å². The van der Waals surface area contributed by atoms with Crippen LogP contribution in [0.1, 0.15) is 207 Å². The number of hydrogen-bond acceptors (Lipinski definition) is 6. The summed E-state index contributed by atoms with van der Waals surface area (Å²) < 4.78 is 16.6. The van der Waals surface area contributed by atoms with E-state index in [2.05, 4.69) is 57.2 Å². The van der Waals surface area contributed by atoms with Gasteiger partial charge in [-0.2, -0.15) is 0 Å². The van der Waals surface area contributed by atoms with E-state index < -0.39 is 6.10 Å². The lowest BCUT2D eigenvalue weighted by atomic mass is 10.1. The van der Waals surface area contributed by atoms with E-state index in [9.17, 15) is 14.4 Å². The fourth-order valence-electron chi connectivity index (χ4n) is 5.75. The minimum Gasteiger partial charge on any atom is -0.462 e. The lowest BCUT2D eigenvalue weighted by Crippen LogP contribution is -2.30. The van der Waals surface area contributed by atoms with Gasteiger partial charge in [0.15, 0.2) is 6.10 Å². The summed E-state index contributed by atoms with van der Waals surface area (Å²) in [5.74, 6) is -0.897. The predicted molar refractivity (Wildman–Crippen MR) is 210 cm³/mol. The molecule has 0 spiro atoms. The SMILES string of the molecule is CC/C=C\C/C=C\C/C=C\CCCCCCCCCC(=O)OCC(COC(=O)CCCCCCCCC)OC(=O)CCCCCCCCCC. The standard InChI is InChI=1S/C44H78O6/c1-4-7-10-13-16-18-19-20-21-22-23-24-25-26-29-31-34-37-43(46)49-40-41(39-48-42(45)36-33-30-27-15-12-9-6-3)50-44(47)38-35-32-28-17-14-11-8-5-2/h7,10,16,18,20-21,41H,4-6,8-9,11-15,17,19,22-40H2,1-3H3/b10-7-,18-16-,21-20-. The molecule has 6 heteroatoms. The molecule has 0 aromatic carbocycles. The second-order valence-electron chi connectivity index (χ2n) is 13.9. The molecule has 0 saturated carbocycles. The van der Waals surface area contributed by atoms with Gasteiger partial charge in [0.2, 0.25) is 0 Å². The van der Waals surface area contributed by atoms with Gasteiger partial charge < -0.3 is 14.2 Å². The highest BCUT2D eigenvalue weighted by molar-refractivity contribution is 5.71. The quantitative estimate of drug-likeness (QED) is 0.0277. The highest BCUT2D eigenvalue weighted by Crippen LogP contribution is 2.13. The Morgan fingerprint density at radius 2 is 0.780 bits per heavy atom. The highest BCUT2D eigenvalue weighted by atomic mass is 16.6. The van der Waals surface area contributed by atoms with E-state index in [0.29, 0.717) is 19.3 Å². The minimum atomic E-state index is -0.766. The van der Waals surface area contributed by atoms with Crippen LogP contribution in [-0.4, -0.2) is 37.2 Å². The molecule has 0 fully saturated rings. The van der Waals surface area contributed by atoms with E-state index in [1.807, 2.05) is 0 Å². The van der Waals surface area contributed by atoms with Crippen LogP contribution in [0.4, 0.5) is 0 Å². The summed E-state index contributed by atoms with van der Waals surface area (Å²) in [6, 6.07) is 0. The molecular formula is C44H78O6. The first-order chi connectivity index (χ1) is 24.5. The molecule has 0 heterocycles. The van der Waals surface area contributed by atoms with Gasteiger partial charge in [0.25, 0.3) is 0 Å². The van der Waals surface area contributed by atoms with Crippen LogP contribution in [0.15, 0.2) is 36.5 Å². The van der Waals surface area contributed by atoms with Crippen molar-refractivity contribution in [1.29, 1.82) is 0 Å². The molecule has 1 unspecified atom stereocenters. The topological polar surface area (TPSA) is 78.9 Å². The summed E-state index contributed by atoms with van der Waals surface area (Å²) in [5.41, 5.74) is 0. The Balaban J connectivity index is 4.25. The van der Waals surface area contributed by atoms with Gasteiger partial charge in [-0.15, -0.1) is 0 Å². The van der Waals surface area contributed by atoms with Crippen LogP contribution in [0.25, 0.3) is 0 Å². The molecule has 6 nitrogen and oxygen atoms in total. The smallest absolute Gasteiger partial charge is 0.306 e. The number of carbonyl (C=O) groups excluding carboxylic acids is 3. The van der Waals surface area contributed by atoms with E-state index >= 15 is 0 Å². The zero-order valence-electron chi connectivity index (χ0n) is 32.9. The van der Waals surface area contributed by atoms with Gasteiger partial charge >= 0.3 is 17.9 Å². The molecule has 0 rings (SSSR count). The third-order valence-corrected chi connectivity index (χ3v) is 8.91. The fraction of sp³-hybridized carbons (Fsp3) is 0.795. The average Bonchev–Trinajstić information content (AvgIpc) is 3.11. The molecule has 0 saturated heterocycles. The van der Waals surface area contributed by atoms with Crippen molar-refractivity contribution in [2.45, 2.75) is 213 Å². The van der Waals surface area contributed by atoms with Crippen LogP contribution >= 0.6 is 0 Å². The van der Waals surface area contributed by atoms with Crippen LogP contribution in [-0.2, 0) is 28.6 Å². The van der Waals surface area contributed by atoms with Crippen molar-refractivity contribution >= 4 is 17.9 Å². The number of rotatable bonds is 37. The predicted octanol–water partition coefficient (Wildman–Crippen LogP) is 13.0. The Morgan fingerprint density at radius 1 is 0.420 bits per heavy atom. The number of allylic oxidation sites excluding steroid dienone is 6. The zero-order chi connectivity index (χ0) is 36.6. The van der Waals surface area contributed by atoms with Crippen molar-refractivity contribution in [3.63, 3.8) is 0 Å². The van der Waals surface area contributed by atoms with Gasteiger partial charge in [-0.05, 0) is 51.4 Å². The Morgan fingerprint density at radius 3 is 1.22 bits per heavy atom. The molecule has 0 aromatic heterocycles. The molecule has 290 valence electrons. The van der Waals surface area contributed by atoms with Crippen LogP contribution in [0.5, 0.6) is 0 Å². The van der Waals surface area contributed by atoms with Crippen molar-refractivity contribution in [3.8, 4) is 0 Å². The van der Waals surface area contributed by atoms with Crippen LogP contribution < -0.4 is 0 Å². The molecule has 0 aromatic rings. The first kappa shape index (κ1) is 47.6. The van der Waals surface area contributed by atoms with Crippen molar-refractivity contribution in [2.75, 3.05) is 13.2 Å². The monoisotopic (exact) mass is 703 g/mol. The van der Waals surface area contributed by atoms with Crippen molar-refractivity contribution in [2.24, 2.45) is 0 Å².